The minimum absolute atomic E-state index is 0.233. The van der Waals surface area contributed by atoms with Crippen LogP contribution in [0.4, 0.5) is 0 Å². The Morgan fingerprint density at radius 1 is 1.22 bits per heavy atom. The van der Waals surface area contributed by atoms with Gasteiger partial charge < -0.3 is 9.26 Å². The van der Waals surface area contributed by atoms with Crippen LogP contribution in [0.25, 0.3) is 0 Å². The minimum Gasteiger partial charge on any atom is -0.457 e. The lowest BCUT2D eigenvalue weighted by molar-refractivity contribution is -0.150. The summed E-state index contributed by atoms with van der Waals surface area (Å²) >= 11 is 0. The Bertz CT molecular complexity index is 487. The molecule has 1 aromatic rings. The summed E-state index contributed by atoms with van der Waals surface area (Å²) in [6.45, 7) is 17.4. The summed E-state index contributed by atoms with van der Waals surface area (Å²) in [6.07, 6.45) is 5.69. The number of carbonyl (C=O) groups excluding carboxylic acids is 1. The van der Waals surface area contributed by atoms with E-state index in [1.807, 2.05) is 20.8 Å². The van der Waals surface area contributed by atoms with Gasteiger partial charge in [-0.15, -0.1) is 13.2 Å². The first-order valence-electron chi connectivity index (χ1n) is 8.04. The summed E-state index contributed by atoms with van der Waals surface area (Å²) in [5.41, 5.74) is -0.203. The SMILES string of the molecule is C=C.C=C(Cc1nc(CCCCCC)no1)C(=O)OC(C)(C)C. The standard InChI is InChI=1S/C16H26N2O3.C2H4/c1-6-7-8-9-10-13-17-14(21-18-13)11-12(2)15(19)20-16(3,4)5;1-2/h2,6-11H2,1,3-5H3;1-2H2. The van der Waals surface area contributed by atoms with Gasteiger partial charge in [-0.05, 0) is 27.2 Å². The van der Waals surface area contributed by atoms with Gasteiger partial charge in [0.05, 0.1) is 6.42 Å². The summed E-state index contributed by atoms with van der Waals surface area (Å²) in [6, 6.07) is 0. The molecule has 1 aromatic heterocycles. The first-order valence-corrected chi connectivity index (χ1v) is 8.04. The molecule has 0 aliphatic rings. The Morgan fingerprint density at radius 2 is 1.87 bits per heavy atom. The molecule has 1 heterocycles. The molecule has 5 nitrogen and oxygen atoms in total. The second kappa shape index (κ2) is 10.8. The molecule has 0 atom stereocenters. The summed E-state index contributed by atoms with van der Waals surface area (Å²) in [7, 11) is 0. The molecule has 130 valence electrons. The molecule has 0 N–H and O–H groups in total. The highest BCUT2D eigenvalue weighted by Crippen LogP contribution is 2.13. The van der Waals surface area contributed by atoms with Crippen molar-refractivity contribution in [2.45, 2.75) is 71.8 Å². The molecule has 0 radical (unpaired) electrons. The first kappa shape index (κ1) is 21.1. The predicted molar refractivity (Wildman–Crippen MR) is 92.1 cm³/mol. The Morgan fingerprint density at radius 3 is 2.43 bits per heavy atom. The second-order valence-electron chi connectivity index (χ2n) is 6.20. The molecule has 0 aromatic carbocycles. The molecule has 0 saturated heterocycles. The van der Waals surface area contributed by atoms with Crippen LogP contribution in [0.5, 0.6) is 0 Å². The number of unbranched alkanes of at least 4 members (excludes halogenated alkanes) is 3. The smallest absolute Gasteiger partial charge is 0.334 e. The van der Waals surface area contributed by atoms with Crippen LogP contribution in [0.15, 0.2) is 29.8 Å². The van der Waals surface area contributed by atoms with Crippen molar-refractivity contribution in [1.29, 1.82) is 0 Å². The fraction of sp³-hybridized carbons (Fsp3) is 0.611. The third-order valence-corrected chi connectivity index (χ3v) is 2.82. The van der Waals surface area contributed by atoms with Crippen molar-refractivity contribution in [3.8, 4) is 0 Å². The predicted octanol–water partition coefficient (Wildman–Crippen LogP) is 4.44. The zero-order valence-corrected chi connectivity index (χ0v) is 15.0. The van der Waals surface area contributed by atoms with Crippen molar-refractivity contribution in [2.75, 3.05) is 0 Å². The van der Waals surface area contributed by atoms with E-state index in [0.717, 1.165) is 12.8 Å². The summed E-state index contributed by atoms with van der Waals surface area (Å²) in [5.74, 6) is 0.680. The molecular weight excluding hydrogens is 292 g/mol. The van der Waals surface area contributed by atoms with Gasteiger partial charge in [0.15, 0.2) is 5.82 Å². The number of hydrogen-bond donors (Lipinski definition) is 0. The fourth-order valence-corrected chi connectivity index (χ4v) is 1.78. The highest BCUT2D eigenvalue weighted by Gasteiger charge is 2.20. The average molecular weight is 322 g/mol. The molecule has 0 fully saturated rings. The van der Waals surface area contributed by atoms with Crippen LogP contribution in [0.3, 0.4) is 0 Å². The Balaban J connectivity index is 0.00000232. The fourth-order valence-electron chi connectivity index (χ4n) is 1.78. The van der Waals surface area contributed by atoms with Crippen molar-refractivity contribution >= 4 is 5.97 Å². The lowest BCUT2D eigenvalue weighted by atomic mass is 10.1. The third kappa shape index (κ3) is 9.66. The topological polar surface area (TPSA) is 65.2 Å². The molecule has 23 heavy (non-hydrogen) atoms. The summed E-state index contributed by atoms with van der Waals surface area (Å²) < 4.78 is 10.4. The van der Waals surface area contributed by atoms with Crippen LogP contribution >= 0.6 is 0 Å². The van der Waals surface area contributed by atoms with Crippen LogP contribution < -0.4 is 0 Å². The van der Waals surface area contributed by atoms with Crippen LogP contribution in [-0.4, -0.2) is 21.7 Å². The Labute approximate surface area is 139 Å². The molecule has 0 bridgehead atoms. The van der Waals surface area contributed by atoms with Gasteiger partial charge in [-0.3, -0.25) is 0 Å². The van der Waals surface area contributed by atoms with Crippen molar-refractivity contribution < 1.29 is 14.1 Å². The lowest BCUT2D eigenvalue weighted by Gasteiger charge is -2.19. The van der Waals surface area contributed by atoms with Crippen molar-refractivity contribution in [2.24, 2.45) is 0 Å². The highest BCUT2D eigenvalue weighted by atomic mass is 16.6. The van der Waals surface area contributed by atoms with Crippen molar-refractivity contribution in [1.82, 2.24) is 10.1 Å². The molecular formula is C18H30N2O3. The first-order chi connectivity index (χ1) is 10.8. The number of aryl methyl sites for hydroxylation is 1. The largest absolute Gasteiger partial charge is 0.457 e. The quantitative estimate of drug-likeness (QED) is 0.306. The average Bonchev–Trinajstić information content (AvgIpc) is 2.91. The number of esters is 1. The van der Waals surface area contributed by atoms with Crippen LogP contribution in [0.1, 0.15) is 65.1 Å². The highest BCUT2D eigenvalue weighted by molar-refractivity contribution is 5.88. The summed E-state index contributed by atoms with van der Waals surface area (Å²) in [5, 5.41) is 3.92. The molecule has 0 saturated carbocycles. The molecule has 0 unspecified atom stereocenters. The number of rotatable bonds is 8. The zero-order chi connectivity index (χ0) is 17.9. The molecule has 0 spiro atoms. The van der Waals surface area contributed by atoms with E-state index in [1.54, 1.807) is 0 Å². The Kier molecular flexibility index (Phi) is 9.86. The number of carbonyl (C=O) groups is 1. The molecule has 0 aliphatic carbocycles. The van der Waals surface area contributed by atoms with Crippen molar-refractivity contribution in [3.63, 3.8) is 0 Å². The Hall–Kier alpha value is -1.91. The zero-order valence-electron chi connectivity index (χ0n) is 15.0. The number of hydrogen-bond acceptors (Lipinski definition) is 5. The number of aromatic nitrogens is 2. The second-order valence-corrected chi connectivity index (χ2v) is 6.20. The normalized spacial score (nSPS) is 10.6. The van der Waals surface area contributed by atoms with Gasteiger partial charge in [-0.1, -0.05) is 37.9 Å². The number of nitrogens with zero attached hydrogens (tertiary/aromatic N) is 2. The maximum atomic E-state index is 11.8. The summed E-state index contributed by atoms with van der Waals surface area (Å²) in [4.78, 5) is 16.1. The van der Waals surface area contributed by atoms with Gasteiger partial charge in [0.2, 0.25) is 5.89 Å². The van der Waals surface area contributed by atoms with Gasteiger partial charge in [0, 0.05) is 12.0 Å². The van der Waals surface area contributed by atoms with Gasteiger partial charge in [-0.25, -0.2) is 4.79 Å². The lowest BCUT2D eigenvalue weighted by Crippen LogP contribution is -2.25. The van der Waals surface area contributed by atoms with Gasteiger partial charge >= 0.3 is 5.97 Å². The molecule has 0 amide bonds. The third-order valence-electron chi connectivity index (χ3n) is 2.82. The monoisotopic (exact) mass is 322 g/mol. The number of ether oxygens (including phenoxy) is 1. The van der Waals surface area contributed by atoms with E-state index >= 15 is 0 Å². The maximum absolute atomic E-state index is 11.8. The van der Waals surface area contributed by atoms with E-state index in [9.17, 15) is 4.79 Å². The minimum atomic E-state index is -0.528. The van der Waals surface area contributed by atoms with Gasteiger partial charge in [0.25, 0.3) is 0 Å². The molecule has 5 heteroatoms. The van der Waals surface area contributed by atoms with E-state index in [0.29, 0.717) is 17.3 Å². The van der Waals surface area contributed by atoms with Gasteiger partial charge in [-0.2, -0.15) is 4.98 Å². The van der Waals surface area contributed by atoms with E-state index < -0.39 is 11.6 Å². The van der Waals surface area contributed by atoms with Crippen molar-refractivity contribution in [3.05, 3.63) is 37.0 Å². The maximum Gasteiger partial charge on any atom is 0.334 e. The van der Waals surface area contributed by atoms with Crippen LogP contribution in [0.2, 0.25) is 0 Å². The molecule has 0 aliphatic heterocycles. The van der Waals surface area contributed by atoms with E-state index in [-0.39, 0.29) is 6.42 Å². The van der Waals surface area contributed by atoms with E-state index in [1.165, 1.54) is 19.3 Å². The molecule has 1 rings (SSSR count). The van der Waals surface area contributed by atoms with Gasteiger partial charge in [0.1, 0.15) is 5.60 Å². The van der Waals surface area contributed by atoms with Crippen LogP contribution in [0, 0.1) is 0 Å². The van der Waals surface area contributed by atoms with Crippen LogP contribution in [-0.2, 0) is 22.4 Å². The van der Waals surface area contributed by atoms with E-state index in [2.05, 4.69) is 36.8 Å². The van der Waals surface area contributed by atoms with E-state index in [4.69, 9.17) is 9.26 Å².